The Balaban J connectivity index is 1.68. The summed E-state index contributed by atoms with van der Waals surface area (Å²) in [5, 5.41) is 5.30. The Morgan fingerprint density at radius 1 is 0.667 bits per heavy atom. The molecule has 0 aliphatic rings. The summed E-state index contributed by atoms with van der Waals surface area (Å²) >= 11 is 0. The van der Waals surface area contributed by atoms with Crippen molar-refractivity contribution < 1.29 is 19.1 Å². The second-order valence-corrected chi connectivity index (χ2v) is 7.60. The van der Waals surface area contributed by atoms with E-state index < -0.39 is 30.0 Å². The van der Waals surface area contributed by atoms with Crippen molar-refractivity contribution in [3.63, 3.8) is 0 Å². The molecular formula is C26H27N3O4. The maximum Gasteiger partial charge on any atom is 0.408 e. The van der Waals surface area contributed by atoms with Crippen LogP contribution in [-0.2, 0) is 33.8 Å². The van der Waals surface area contributed by atoms with Gasteiger partial charge >= 0.3 is 6.09 Å². The highest BCUT2D eigenvalue weighted by Crippen LogP contribution is 2.08. The van der Waals surface area contributed by atoms with E-state index in [0.717, 1.165) is 16.7 Å². The minimum absolute atomic E-state index is 0.0737. The van der Waals surface area contributed by atoms with Crippen LogP contribution in [0.25, 0.3) is 0 Å². The van der Waals surface area contributed by atoms with Crippen LogP contribution in [0.3, 0.4) is 0 Å². The molecule has 7 heteroatoms. The highest BCUT2D eigenvalue weighted by atomic mass is 16.5. The van der Waals surface area contributed by atoms with Crippen molar-refractivity contribution in [1.82, 2.24) is 10.6 Å². The van der Waals surface area contributed by atoms with Crippen LogP contribution in [0.4, 0.5) is 4.79 Å². The number of carbonyl (C=O) groups is 3. The molecule has 3 aromatic carbocycles. The Kier molecular flexibility index (Phi) is 8.59. The Morgan fingerprint density at radius 3 is 1.61 bits per heavy atom. The van der Waals surface area contributed by atoms with Gasteiger partial charge in [-0.25, -0.2) is 4.79 Å². The second kappa shape index (κ2) is 12.0. The van der Waals surface area contributed by atoms with Gasteiger partial charge in [0.15, 0.2) is 0 Å². The lowest BCUT2D eigenvalue weighted by Crippen LogP contribution is -2.54. The summed E-state index contributed by atoms with van der Waals surface area (Å²) in [6.45, 7) is 0.0737. The number of hydrogen-bond donors (Lipinski definition) is 3. The summed E-state index contributed by atoms with van der Waals surface area (Å²) in [5.41, 5.74) is 8.07. The number of benzene rings is 3. The molecule has 0 aliphatic carbocycles. The van der Waals surface area contributed by atoms with Gasteiger partial charge in [0.1, 0.15) is 18.7 Å². The molecule has 0 aliphatic heterocycles. The van der Waals surface area contributed by atoms with E-state index in [-0.39, 0.29) is 19.4 Å². The molecule has 0 radical (unpaired) electrons. The van der Waals surface area contributed by atoms with E-state index in [4.69, 9.17) is 10.5 Å². The van der Waals surface area contributed by atoms with E-state index in [2.05, 4.69) is 10.6 Å². The SMILES string of the molecule is NC(=O)C(Cc1ccccc1)NC(=O)[C@H](Cc1ccccc1)NC(=O)OCc1ccccc1. The van der Waals surface area contributed by atoms with Gasteiger partial charge in [0.2, 0.25) is 11.8 Å². The van der Waals surface area contributed by atoms with Crippen LogP contribution in [0.1, 0.15) is 16.7 Å². The van der Waals surface area contributed by atoms with E-state index in [9.17, 15) is 14.4 Å². The summed E-state index contributed by atoms with van der Waals surface area (Å²) in [4.78, 5) is 37.5. The van der Waals surface area contributed by atoms with Gasteiger partial charge in [0.05, 0.1) is 0 Å². The third-order valence-corrected chi connectivity index (χ3v) is 5.05. The van der Waals surface area contributed by atoms with Crippen LogP contribution in [0.15, 0.2) is 91.0 Å². The Morgan fingerprint density at radius 2 is 1.12 bits per heavy atom. The molecule has 3 rings (SSSR count). The highest BCUT2D eigenvalue weighted by molar-refractivity contribution is 5.91. The molecule has 2 atom stereocenters. The molecule has 33 heavy (non-hydrogen) atoms. The first-order valence-electron chi connectivity index (χ1n) is 10.7. The predicted octanol–water partition coefficient (Wildman–Crippen LogP) is 2.74. The van der Waals surface area contributed by atoms with Gasteiger partial charge in [-0.3, -0.25) is 9.59 Å². The van der Waals surface area contributed by atoms with E-state index in [1.165, 1.54) is 0 Å². The van der Waals surface area contributed by atoms with Gasteiger partial charge in [-0.05, 0) is 16.7 Å². The monoisotopic (exact) mass is 445 g/mol. The van der Waals surface area contributed by atoms with E-state index in [0.29, 0.717) is 0 Å². The highest BCUT2D eigenvalue weighted by Gasteiger charge is 2.26. The lowest BCUT2D eigenvalue weighted by molar-refractivity contribution is -0.128. The average Bonchev–Trinajstić information content (AvgIpc) is 2.84. The van der Waals surface area contributed by atoms with Crippen molar-refractivity contribution in [3.05, 3.63) is 108 Å². The zero-order valence-electron chi connectivity index (χ0n) is 18.1. The molecule has 0 saturated carbocycles. The third kappa shape index (κ3) is 7.81. The maximum absolute atomic E-state index is 13.1. The van der Waals surface area contributed by atoms with Crippen LogP contribution >= 0.6 is 0 Å². The number of alkyl carbamates (subject to hydrolysis) is 1. The molecular weight excluding hydrogens is 418 g/mol. The van der Waals surface area contributed by atoms with Crippen LogP contribution in [0.2, 0.25) is 0 Å². The van der Waals surface area contributed by atoms with Crippen molar-refractivity contribution in [2.24, 2.45) is 5.73 Å². The number of carbonyl (C=O) groups excluding carboxylic acids is 3. The van der Waals surface area contributed by atoms with E-state index >= 15 is 0 Å². The first kappa shape index (κ1) is 23.5. The van der Waals surface area contributed by atoms with Crippen LogP contribution in [0, 0.1) is 0 Å². The minimum Gasteiger partial charge on any atom is -0.445 e. The topological polar surface area (TPSA) is 111 Å². The van der Waals surface area contributed by atoms with Gasteiger partial charge in [-0.2, -0.15) is 0 Å². The Bertz CT molecular complexity index is 1040. The maximum atomic E-state index is 13.1. The summed E-state index contributed by atoms with van der Waals surface area (Å²) in [6, 6.07) is 25.9. The Hall–Kier alpha value is -4.13. The standard InChI is InChI=1S/C26H27N3O4/c27-24(30)22(16-19-10-4-1-5-11-19)28-25(31)23(17-20-12-6-2-7-13-20)29-26(32)33-18-21-14-8-3-9-15-21/h1-15,22-23H,16-18H2,(H2,27,30)(H,28,31)(H,29,32)/t22?,23-/m0/s1. The summed E-state index contributed by atoms with van der Waals surface area (Å²) < 4.78 is 5.27. The first-order chi connectivity index (χ1) is 16.0. The Labute approximate surface area is 193 Å². The average molecular weight is 446 g/mol. The summed E-state index contributed by atoms with van der Waals surface area (Å²) in [5.74, 6) is -1.17. The fraction of sp³-hybridized carbons (Fsp3) is 0.192. The lowest BCUT2D eigenvalue weighted by Gasteiger charge is -2.22. The van der Waals surface area contributed by atoms with Crippen molar-refractivity contribution in [3.8, 4) is 0 Å². The largest absolute Gasteiger partial charge is 0.445 e. The van der Waals surface area contributed by atoms with E-state index in [1.54, 1.807) is 0 Å². The molecule has 1 unspecified atom stereocenters. The number of nitrogens with one attached hydrogen (secondary N) is 2. The molecule has 3 amide bonds. The number of hydrogen-bond acceptors (Lipinski definition) is 4. The lowest BCUT2D eigenvalue weighted by atomic mass is 10.0. The molecule has 0 aromatic heterocycles. The number of ether oxygens (including phenoxy) is 1. The molecule has 170 valence electrons. The molecule has 0 saturated heterocycles. The molecule has 0 bridgehead atoms. The van der Waals surface area contributed by atoms with Crippen molar-refractivity contribution in [2.75, 3.05) is 0 Å². The number of nitrogens with two attached hydrogens (primary N) is 1. The number of rotatable bonds is 10. The first-order valence-corrected chi connectivity index (χ1v) is 10.7. The predicted molar refractivity (Wildman–Crippen MR) is 125 cm³/mol. The molecule has 3 aromatic rings. The van der Waals surface area contributed by atoms with E-state index in [1.807, 2.05) is 91.0 Å². The smallest absolute Gasteiger partial charge is 0.408 e. The molecule has 7 nitrogen and oxygen atoms in total. The molecule has 0 spiro atoms. The van der Waals surface area contributed by atoms with Crippen molar-refractivity contribution in [2.45, 2.75) is 31.5 Å². The van der Waals surface area contributed by atoms with Crippen molar-refractivity contribution >= 4 is 17.9 Å². The molecule has 0 fully saturated rings. The van der Waals surface area contributed by atoms with Gasteiger partial charge in [0, 0.05) is 12.8 Å². The van der Waals surface area contributed by atoms with Gasteiger partial charge in [-0.1, -0.05) is 91.0 Å². The van der Waals surface area contributed by atoms with Crippen LogP contribution in [-0.4, -0.2) is 30.0 Å². The zero-order valence-corrected chi connectivity index (χ0v) is 18.1. The number of amides is 3. The van der Waals surface area contributed by atoms with Crippen LogP contribution < -0.4 is 16.4 Å². The van der Waals surface area contributed by atoms with Gasteiger partial charge in [-0.15, -0.1) is 0 Å². The third-order valence-electron chi connectivity index (χ3n) is 5.05. The van der Waals surface area contributed by atoms with Crippen LogP contribution in [0.5, 0.6) is 0 Å². The van der Waals surface area contributed by atoms with Gasteiger partial charge in [0.25, 0.3) is 0 Å². The zero-order chi connectivity index (χ0) is 23.5. The second-order valence-electron chi connectivity index (χ2n) is 7.60. The molecule has 4 N–H and O–H groups in total. The summed E-state index contributed by atoms with van der Waals surface area (Å²) in [6.07, 6.45) is -0.254. The minimum atomic E-state index is -0.951. The molecule has 0 heterocycles. The fourth-order valence-electron chi connectivity index (χ4n) is 3.31. The number of primary amides is 1. The summed E-state index contributed by atoms with van der Waals surface area (Å²) in [7, 11) is 0. The van der Waals surface area contributed by atoms with Crippen molar-refractivity contribution in [1.29, 1.82) is 0 Å². The quantitative estimate of drug-likeness (QED) is 0.446. The fourth-order valence-corrected chi connectivity index (χ4v) is 3.31. The van der Waals surface area contributed by atoms with Gasteiger partial charge < -0.3 is 21.1 Å². The normalized spacial score (nSPS) is 12.2.